The minimum Gasteiger partial charge on any atom is -0.366 e. The number of nitrogens with one attached hydrogen (secondary N) is 1. The van der Waals surface area contributed by atoms with E-state index in [2.05, 4.69) is 41.9 Å². The molecule has 0 radical (unpaired) electrons. The molecule has 3 heterocycles. The summed E-state index contributed by atoms with van der Waals surface area (Å²) in [4.78, 5) is 28.5. The van der Waals surface area contributed by atoms with Crippen LogP contribution in [0.15, 0.2) is 71.9 Å². The molecule has 6 nitrogen and oxygen atoms in total. The molecule has 1 amide bonds. The number of benzene rings is 3. The van der Waals surface area contributed by atoms with E-state index in [9.17, 15) is 9.18 Å². The molecule has 0 bridgehead atoms. The molecule has 2 aliphatic rings. The van der Waals surface area contributed by atoms with Crippen LogP contribution in [0.5, 0.6) is 0 Å². The number of nitrogens with zero attached hydrogens (tertiary/aromatic N) is 4. The second-order valence-electron chi connectivity index (χ2n) is 10.7. The predicted octanol–water partition coefficient (Wildman–Crippen LogP) is 5.40. The van der Waals surface area contributed by atoms with Crippen LogP contribution in [-0.2, 0) is 11.3 Å². The number of halogens is 1. The lowest BCUT2D eigenvalue weighted by Crippen LogP contribution is -2.53. The summed E-state index contributed by atoms with van der Waals surface area (Å²) in [5.41, 5.74) is 6.36. The predicted molar refractivity (Wildman–Crippen MR) is 156 cm³/mol. The highest BCUT2D eigenvalue weighted by molar-refractivity contribution is 7.99. The molecule has 6 rings (SSSR count). The van der Waals surface area contributed by atoms with Crippen molar-refractivity contribution in [2.24, 2.45) is 0 Å². The lowest BCUT2D eigenvalue weighted by atomic mass is 10.0. The first-order valence-corrected chi connectivity index (χ1v) is 14.5. The summed E-state index contributed by atoms with van der Waals surface area (Å²) in [7, 11) is 0. The molecule has 0 unspecified atom stereocenters. The van der Waals surface area contributed by atoms with Crippen molar-refractivity contribution in [3.8, 4) is 0 Å². The molecule has 0 aliphatic carbocycles. The highest BCUT2D eigenvalue weighted by Crippen LogP contribution is 2.35. The lowest BCUT2D eigenvalue weighted by Gasteiger charge is -2.38. The number of thioether (sulfide) groups is 1. The van der Waals surface area contributed by atoms with E-state index in [0.29, 0.717) is 31.9 Å². The number of rotatable bonds is 6. The number of aromatic amines is 1. The van der Waals surface area contributed by atoms with Crippen molar-refractivity contribution in [1.29, 1.82) is 0 Å². The molecule has 2 aliphatic heterocycles. The number of anilines is 1. The van der Waals surface area contributed by atoms with Gasteiger partial charge >= 0.3 is 0 Å². The van der Waals surface area contributed by atoms with Gasteiger partial charge in [-0.3, -0.25) is 9.69 Å². The molecule has 8 heteroatoms. The molecule has 4 aromatic rings. The van der Waals surface area contributed by atoms with Crippen LogP contribution in [0.25, 0.3) is 11.0 Å². The van der Waals surface area contributed by atoms with Crippen molar-refractivity contribution < 1.29 is 9.18 Å². The van der Waals surface area contributed by atoms with E-state index in [-0.39, 0.29) is 23.0 Å². The highest BCUT2D eigenvalue weighted by atomic mass is 32.2. The maximum atomic E-state index is 14.3. The van der Waals surface area contributed by atoms with Gasteiger partial charge in [0.25, 0.3) is 0 Å². The van der Waals surface area contributed by atoms with Gasteiger partial charge in [-0.05, 0) is 55.7 Å². The largest absolute Gasteiger partial charge is 0.366 e. The molecule has 0 saturated carbocycles. The third-order valence-corrected chi connectivity index (χ3v) is 9.05. The summed E-state index contributed by atoms with van der Waals surface area (Å²) >= 11 is 1.74. The molecule has 3 aromatic carbocycles. The molecule has 1 aromatic heterocycles. The Morgan fingerprint density at radius 3 is 2.59 bits per heavy atom. The van der Waals surface area contributed by atoms with Crippen LogP contribution in [0.2, 0.25) is 0 Å². The number of likely N-dealkylation sites (tertiary alicyclic amines) is 1. The van der Waals surface area contributed by atoms with Crippen molar-refractivity contribution >= 4 is 34.4 Å². The molecule has 0 spiro atoms. The van der Waals surface area contributed by atoms with Crippen LogP contribution >= 0.6 is 11.8 Å². The van der Waals surface area contributed by atoms with Gasteiger partial charge in [0.05, 0.1) is 22.8 Å². The van der Waals surface area contributed by atoms with E-state index < -0.39 is 0 Å². The van der Waals surface area contributed by atoms with E-state index in [1.807, 2.05) is 46.2 Å². The molecule has 39 heavy (non-hydrogen) atoms. The SMILES string of the molecule is Cc1ccc(C)c(CN2C[C@H](Sc3nc4ccccc4[nH]3)C[C@H]2C(=O)N2CCN(c3ccccc3F)CC2)c1. The number of H-pyrrole nitrogens is 1. The fraction of sp³-hybridized carbons (Fsp3) is 0.355. The summed E-state index contributed by atoms with van der Waals surface area (Å²) in [6.07, 6.45) is 0.777. The Bertz CT molecular complexity index is 1450. The van der Waals surface area contributed by atoms with Gasteiger partial charge in [0.2, 0.25) is 5.91 Å². The number of amides is 1. The van der Waals surface area contributed by atoms with Gasteiger partial charge in [0, 0.05) is 44.5 Å². The van der Waals surface area contributed by atoms with Crippen molar-refractivity contribution in [1.82, 2.24) is 19.8 Å². The molecule has 1 N–H and O–H groups in total. The molecule has 2 saturated heterocycles. The third kappa shape index (κ3) is 5.54. The van der Waals surface area contributed by atoms with Crippen molar-refractivity contribution in [3.05, 3.63) is 89.2 Å². The number of fused-ring (bicyclic) bond motifs is 1. The van der Waals surface area contributed by atoms with E-state index in [4.69, 9.17) is 4.98 Å². The summed E-state index contributed by atoms with van der Waals surface area (Å²) in [6.45, 7) is 8.29. The summed E-state index contributed by atoms with van der Waals surface area (Å²) in [5.74, 6) is -0.0283. The second kappa shape index (κ2) is 11.0. The van der Waals surface area contributed by atoms with E-state index in [1.54, 1.807) is 17.8 Å². The number of carbonyl (C=O) groups excluding carboxylic acids is 1. The number of hydrogen-bond acceptors (Lipinski definition) is 5. The Labute approximate surface area is 233 Å². The van der Waals surface area contributed by atoms with Crippen LogP contribution in [0.3, 0.4) is 0 Å². The van der Waals surface area contributed by atoms with Crippen LogP contribution < -0.4 is 4.90 Å². The van der Waals surface area contributed by atoms with E-state index in [1.165, 1.54) is 22.8 Å². The minimum atomic E-state index is -0.210. The van der Waals surface area contributed by atoms with Crippen LogP contribution in [0, 0.1) is 19.7 Å². The van der Waals surface area contributed by atoms with Gasteiger partial charge in [-0.25, -0.2) is 9.37 Å². The van der Waals surface area contributed by atoms with Crippen LogP contribution in [0.1, 0.15) is 23.1 Å². The molecule has 2 atom stereocenters. The lowest BCUT2D eigenvalue weighted by molar-refractivity contribution is -0.136. The number of imidazole rings is 1. The maximum absolute atomic E-state index is 14.3. The van der Waals surface area contributed by atoms with Crippen LogP contribution in [0.4, 0.5) is 10.1 Å². The average Bonchev–Trinajstić information content (AvgIpc) is 3.54. The van der Waals surface area contributed by atoms with Gasteiger partial charge in [-0.2, -0.15) is 0 Å². The van der Waals surface area contributed by atoms with E-state index >= 15 is 0 Å². The third-order valence-electron chi connectivity index (χ3n) is 7.96. The quantitative estimate of drug-likeness (QED) is 0.353. The van der Waals surface area contributed by atoms with Gasteiger partial charge in [-0.1, -0.05) is 59.8 Å². The zero-order chi connectivity index (χ0) is 26.9. The first-order chi connectivity index (χ1) is 18.9. The molecule has 202 valence electrons. The Morgan fingerprint density at radius 1 is 1.03 bits per heavy atom. The summed E-state index contributed by atoms with van der Waals surface area (Å²) < 4.78 is 14.3. The monoisotopic (exact) mass is 543 g/mol. The Balaban J connectivity index is 1.19. The molecular formula is C31H34FN5OS. The Hall–Kier alpha value is -3.36. The zero-order valence-corrected chi connectivity index (χ0v) is 23.3. The van der Waals surface area contributed by atoms with Gasteiger partial charge in [0.1, 0.15) is 5.82 Å². The first kappa shape index (κ1) is 25.9. The minimum absolute atomic E-state index is 0.182. The van der Waals surface area contributed by atoms with Gasteiger partial charge < -0.3 is 14.8 Å². The maximum Gasteiger partial charge on any atom is 0.240 e. The number of hydrogen-bond donors (Lipinski definition) is 1. The van der Waals surface area contributed by atoms with Crippen molar-refractivity contribution in [2.45, 2.75) is 43.3 Å². The van der Waals surface area contributed by atoms with Crippen molar-refractivity contribution in [3.63, 3.8) is 0 Å². The van der Waals surface area contributed by atoms with Crippen LogP contribution in [-0.4, -0.2) is 69.7 Å². The van der Waals surface area contributed by atoms with Crippen molar-refractivity contribution in [2.75, 3.05) is 37.6 Å². The number of aromatic nitrogens is 2. The smallest absolute Gasteiger partial charge is 0.240 e. The average molecular weight is 544 g/mol. The number of carbonyl (C=O) groups is 1. The van der Waals surface area contributed by atoms with Gasteiger partial charge in [0.15, 0.2) is 5.16 Å². The molecular weight excluding hydrogens is 509 g/mol. The Morgan fingerprint density at radius 2 is 1.79 bits per heavy atom. The van der Waals surface area contributed by atoms with Gasteiger partial charge in [-0.15, -0.1) is 0 Å². The fourth-order valence-corrected chi connectivity index (χ4v) is 6.98. The Kier molecular flexibility index (Phi) is 7.32. The second-order valence-corrected chi connectivity index (χ2v) is 12.0. The first-order valence-electron chi connectivity index (χ1n) is 13.6. The summed E-state index contributed by atoms with van der Waals surface area (Å²) in [5, 5.41) is 1.16. The summed E-state index contributed by atoms with van der Waals surface area (Å²) in [6, 6.07) is 21.3. The fourth-order valence-electron chi connectivity index (χ4n) is 5.80. The van der Waals surface area contributed by atoms with E-state index in [0.717, 1.165) is 35.7 Å². The standard InChI is InChI=1S/C31H34FN5OS/c1-21-11-12-22(2)23(17-21)19-37-20-24(39-31-33-26-8-4-5-9-27(26)34-31)18-29(37)30(38)36-15-13-35(14-16-36)28-10-6-3-7-25(28)32/h3-12,17,24,29H,13-16,18-20H2,1-2H3,(H,33,34)/t24-,29+/m1/s1. The zero-order valence-electron chi connectivity index (χ0n) is 22.4. The number of aryl methyl sites for hydroxylation is 2. The topological polar surface area (TPSA) is 55.5 Å². The number of piperazine rings is 1. The normalized spacial score (nSPS) is 20.2. The molecule has 2 fully saturated rings. The number of para-hydroxylation sites is 3. The highest BCUT2D eigenvalue weighted by Gasteiger charge is 2.40.